The zero-order valence-corrected chi connectivity index (χ0v) is 14.9. The van der Waals surface area contributed by atoms with Crippen LogP contribution in [0.1, 0.15) is 52.0 Å². The number of anilines is 1. The average molecular weight is 341 g/mol. The highest BCUT2D eigenvalue weighted by Gasteiger charge is 2.29. The molecule has 1 fully saturated rings. The van der Waals surface area contributed by atoms with Gasteiger partial charge in [0, 0.05) is 17.8 Å². The Hall–Kier alpha value is -1.56. The van der Waals surface area contributed by atoms with Gasteiger partial charge in [0.1, 0.15) is 10.8 Å². The van der Waals surface area contributed by atoms with Gasteiger partial charge in [-0.25, -0.2) is 14.8 Å². The van der Waals surface area contributed by atoms with Gasteiger partial charge in [0.15, 0.2) is 0 Å². The molecular weight excluding hydrogens is 316 g/mol. The molecule has 23 heavy (non-hydrogen) atoms. The predicted molar refractivity (Wildman–Crippen MR) is 90.8 cm³/mol. The van der Waals surface area contributed by atoms with E-state index in [9.17, 15) is 4.79 Å². The predicted octanol–water partition coefficient (Wildman–Crippen LogP) is 3.69. The molecule has 128 valence electrons. The number of hydrogen-bond donors (Lipinski definition) is 2. The molecule has 1 aromatic rings. The van der Waals surface area contributed by atoms with E-state index in [0.717, 1.165) is 31.2 Å². The van der Waals surface area contributed by atoms with Crippen LogP contribution in [-0.2, 0) is 4.74 Å². The van der Waals surface area contributed by atoms with E-state index in [1.54, 1.807) is 6.20 Å². The molecule has 1 heterocycles. The number of aryl methyl sites for hydroxylation is 1. The van der Waals surface area contributed by atoms with Crippen LogP contribution in [0.15, 0.2) is 6.20 Å². The van der Waals surface area contributed by atoms with Crippen molar-refractivity contribution in [3.63, 3.8) is 0 Å². The lowest BCUT2D eigenvalue weighted by atomic mass is 9.90. The van der Waals surface area contributed by atoms with Crippen LogP contribution in [0.25, 0.3) is 0 Å². The molecular formula is C16H25ClN4O2. The van der Waals surface area contributed by atoms with Crippen molar-refractivity contribution in [3.05, 3.63) is 16.9 Å². The fourth-order valence-electron chi connectivity index (χ4n) is 2.59. The molecule has 1 aromatic heterocycles. The monoisotopic (exact) mass is 340 g/mol. The Kier molecular flexibility index (Phi) is 5.68. The number of amides is 1. The van der Waals surface area contributed by atoms with E-state index in [0.29, 0.717) is 11.1 Å². The highest BCUT2D eigenvalue weighted by Crippen LogP contribution is 2.22. The molecule has 1 aliphatic rings. The minimum atomic E-state index is -0.505. The topological polar surface area (TPSA) is 76.1 Å². The van der Waals surface area contributed by atoms with Crippen LogP contribution in [0.5, 0.6) is 0 Å². The maximum Gasteiger partial charge on any atom is 0.407 e. The second-order valence-corrected chi connectivity index (χ2v) is 7.31. The first-order chi connectivity index (χ1) is 10.7. The number of nitrogens with zero attached hydrogens (tertiary/aromatic N) is 2. The minimum Gasteiger partial charge on any atom is -0.444 e. The lowest BCUT2D eigenvalue weighted by Gasteiger charge is -2.33. The SMILES string of the molecule is Cc1cnc(N[C@@H]2CCCC[C@@H]2NC(=O)OC(C)(C)C)nc1Cl. The van der Waals surface area contributed by atoms with Gasteiger partial charge in [-0.3, -0.25) is 0 Å². The summed E-state index contributed by atoms with van der Waals surface area (Å²) in [4.78, 5) is 20.5. The fraction of sp³-hybridized carbons (Fsp3) is 0.688. The van der Waals surface area contributed by atoms with Crippen LogP contribution in [-0.4, -0.2) is 33.7 Å². The van der Waals surface area contributed by atoms with Gasteiger partial charge in [-0.05, 0) is 40.5 Å². The maximum absolute atomic E-state index is 12.0. The smallest absolute Gasteiger partial charge is 0.407 e. The number of rotatable bonds is 3. The van der Waals surface area contributed by atoms with E-state index in [1.807, 2.05) is 27.7 Å². The Morgan fingerprint density at radius 2 is 1.96 bits per heavy atom. The van der Waals surface area contributed by atoms with E-state index in [2.05, 4.69) is 20.6 Å². The Balaban J connectivity index is 2.00. The molecule has 0 bridgehead atoms. The summed E-state index contributed by atoms with van der Waals surface area (Å²) in [6, 6.07) is 0.0531. The van der Waals surface area contributed by atoms with E-state index < -0.39 is 5.60 Å². The third-order valence-electron chi connectivity index (χ3n) is 3.69. The summed E-state index contributed by atoms with van der Waals surface area (Å²) >= 11 is 6.04. The van der Waals surface area contributed by atoms with Gasteiger partial charge in [0.05, 0.1) is 6.04 Å². The summed E-state index contributed by atoms with van der Waals surface area (Å²) in [5.74, 6) is 0.489. The lowest BCUT2D eigenvalue weighted by molar-refractivity contribution is 0.0488. The van der Waals surface area contributed by atoms with Gasteiger partial charge in [-0.2, -0.15) is 0 Å². The molecule has 1 aliphatic carbocycles. The Labute approximate surface area is 142 Å². The standard InChI is InChI=1S/C16H25ClN4O2/c1-10-9-18-14(21-13(10)17)19-11-7-5-6-8-12(11)20-15(22)23-16(2,3)4/h9,11-12H,5-8H2,1-4H3,(H,20,22)(H,18,19,21)/t11-,12+/m1/s1. The molecule has 7 heteroatoms. The molecule has 0 saturated heterocycles. The van der Waals surface area contributed by atoms with Crippen molar-refractivity contribution in [2.45, 2.75) is 71.1 Å². The maximum atomic E-state index is 12.0. The van der Waals surface area contributed by atoms with Crippen LogP contribution in [0.2, 0.25) is 5.15 Å². The second-order valence-electron chi connectivity index (χ2n) is 6.96. The molecule has 2 atom stereocenters. The van der Waals surface area contributed by atoms with Crippen LogP contribution >= 0.6 is 11.6 Å². The Morgan fingerprint density at radius 3 is 2.57 bits per heavy atom. The molecule has 0 unspecified atom stereocenters. The number of carbonyl (C=O) groups is 1. The van der Waals surface area contributed by atoms with Gasteiger partial charge in [0.25, 0.3) is 0 Å². The summed E-state index contributed by atoms with van der Waals surface area (Å²) in [6.07, 6.45) is 5.32. The van der Waals surface area contributed by atoms with Crippen molar-refractivity contribution in [3.8, 4) is 0 Å². The number of carbonyl (C=O) groups excluding carboxylic acids is 1. The highest BCUT2D eigenvalue weighted by molar-refractivity contribution is 6.30. The van der Waals surface area contributed by atoms with Crippen LogP contribution in [0.4, 0.5) is 10.7 Å². The summed E-state index contributed by atoms with van der Waals surface area (Å²) in [5, 5.41) is 6.69. The average Bonchev–Trinajstić information content (AvgIpc) is 2.43. The molecule has 2 N–H and O–H groups in total. The number of ether oxygens (including phenoxy) is 1. The van der Waals surface area contributed by atoms with Crippen LogP contribution in [0.3, 0.4) is 0 Å². The molecule has 0 aliphatic heterocycles. The zero-order chi connectivity index (χ0) is 17.0. The number of aromatic nitrogens is 2. The quantitative estimate of drug-likeness (QED) is 0.821. The number of alkyl carbamates (subject to hydrolysis) is 1. The van der Waals surface area contributed by atoms with Gasteiger partial charge in [-0.15, -0.1) is 0 Å². The van der Waals surface area contributed by atoms with Gasteiger partial charge < -0.3 is 15.4 Å². The summed E-state index contributed by atoms with van der Waals surface area (Å²) in [6.45, 7) is 7.42. The number of nitrogens with one attached hydrogen (secondary N) is 2. The van der Waals surface area contributed by atoms with Gasteiger partial charge in [0.2, 0.25) is 5.95 Å². The third kappa shape index (κ3) is 5.53. The molecule has 1 amide bonds. The highest BCUT2D eigenvalue weighted by atomic mass is 35.5. The first-order valence-corrected chi connectivity index (χ1v) is 8.37. The molecule has 0 aromatic carbocycles. The van der Waals surface area contributed by atoms with Crippen molar-refractivity contribution in [2.75, 3.05) is 5.32 Å². The van der Waals surface area contributed by atoms with Gasteiger partial charge in [-0.1, -0.05) is 24.4 Å². The van der Waals surface area contributed by atoms with E-state index >= 15 is 0 Å². The molecule has 1 saturated carbocycles. The summed E-state index contributed by atoms with van der Waals surface area (Å²) < 4.78 is 5.34. The van der Waals surface area contributed by atoms with Crippen LogP contribution < -0.4 is 10.6 Å². The first-order valence-electron chi connectivity index (χ1n) is 8.00. The Morgan fingerprint density at radius 1 is 1.30 bits per heavy atom. The largest absolute Gasteiger partial charge is 0.444 e. The minimum absolute atomic E-state index is 0.0118. The molecule has 2 rings (SSSR count). The molecule has 0 radical (unpaired) electrons. The summed E-state index contributed by atoms with van der Waals surface area (Å²) in [5.41, 5.74) is 0.333. The number of hydrogen-bond acceptors (Lipinski definition) is 5. The normalized spacial score (nSPS) is 21.6. The lowest BCUT2D eigenvalue weighted by Crippen LogP contribution is -2.50. The fourth-order valence-corrected chi connectivity index (χ4v) is 2.72. The summed E-state index contributed by atoms with van der Waals surface area (Å²) in [7, 11) is 0. The van der Waals surface area contributed by atoms with E-state index in [1.165, 1.54) is 0 Å². The van der Waals surface area contributed by atoms with Crippen LogP contribution in [0, 0.1) is 6.92 Å². The first kappa shape index (κ1) is 17.8. The van der Waals surface area contributed by atoms with E-state index in [-0.39, 0.29) is 18.2 Å². The van der Waals surface area contributed by atoms with Crippen molar-refractivity contribution < 1.29 is 9.53 Å². The molecule has 0 spiro atoms. The second kappa shape index (κ2) is 7.34. The van der Waals surface area contributed by atoms with Crippen molar-refractivity contribution in [1.82, 2.24) is 15.3 Å². The Bertz CT molecular complexity index is 560. The van der Waals surface area contributed by atoms with Crippen molar-refractivity contribution >= 4 is 23.6 Å². The van der Waals surface area contributed by atoms with Gasteiger partial charge >= 0.3 is 6.09 Å². The van der Waals surface area contributed by atoms with Crippen molar-refractivity contribution in [1.29, 1.82) is 0 Å². The molecule has 6 nitrogen and oxygen atoms in total. The zero-order valence-electron chi connectivity index (χ0n) is 14.1. The third-order valence-corrected chi connectivity index (χ3v) is 4.08. The van der Waals surface area contributed by atoms with E-state index in [4.69, 9.17) is 16.3 Å². The number of halogens is 1. The van der Waals surface area contributed by atoms with Crippen molar-refractivity contribution in [2.24, 2.45) is 0 Å².